The Morgan fingerprint density at radius 1 is 1.50 bits per heavy atom. The highest BCUT2D eigenvalue weighted by atomic mass is 19.1. The minimum atomic E-state index is -0.206. The van der Waals surface area contributed by atoms with E-state index in [4.69, 9.17) is 5.73 Å². The van der Waals surface area contributed by atoms with Crippen molar-refractivity contribution in [2.75, 3.05) is 0 Å². The molecule has 0 aliphatic heterocycles. The van der Waals surface area contributed by atoms with Crippen LogP contribution in [0.5, 0.6) is 0 Å². The number of benzene rings is 1. The molecule has 1 rings (SSSR count). The number of hydrogen-bond acceptors (Lipinski definition) is 1. The van der Waals surface area contributed by atoms with Crippen molar-refractivity contribution >= 4 is 13.3 Å². The summed E-state index contributed by atoms with van der Waals surface area (Å²) in [6.07, 6.45) is 0. The molecule has 0 aliphatic rings. The highest BCUT2D eigenvalue weighted by Gasteiger charge is 1.97. The second kappa shape index (κ2) is 2.84. The Labute approximate surface area is 60.5 Å². The first-order valence-corrected chi connectivity index (χ1v) is 3.19. The second-order valence-corrected chi connectivity index (χ2v) is 2.30. The molecule has 1 nitrogen and oxygen atoms in total. The lowest BCUT2D eigenvalue weighted by Crippen LogP contribution is -2.07. The maximum absolute atomic E-state index is 12.8. The fourth-order valence-corrected chi connectivity index (χ4v) is 0.818. The summed E-state index contributed by atoms with van der Waals surface area (Å²) in [7, 11) is 1.85. The summed E-state index contributed by atoms with van der Waals surface area (Å²) in [6.45, 7) is 0.270. The zero-order valence-corrected chi connectivity index (χ0v) is 5.89. The van der Waals surface area contributed by atoms with E-state index in [0.717, 1.165) is 5.46 Å². The van der Waals surface area contributed by atoms with Crippen molar-refractivity contribution in [2.24, 2.45) is 5.73 Å². The van der Waals surface area contributed by atoms with Crippen molar-refractivity contribution in [3.8, 4) is 0 Å². The van der Waals surface area contributed by atoms with E-state index in [1.807, 2.05) is 13.9 Å². The fourth-order valence-electron chi connectivity index (χ4n) is 0.818. The lowest BCUT2D eigenvalue weighted by atomic mass is 9.95. The van der Waals surface area contributed by atoms with Gasteiger partial charge in [0.15, 0.2) is 0 Å². The first-order chi connectivity index (χ1) is 4.74. The Kier molecular flexibility index (Phi) is 2.07. The number of hydrogen-bond donors (Lipinski definition) is 1. The summed E-state index contributed by atoms with van der Waals surface area (Å²) in [5.41, 5.74) is 6.76. The van der Waals surface area contributed by atoms with Crippen molar-refractivity contribution in [3.05, 3.63) is 29.6 Å². The predicted molar refractivity (Wildman–Crippen MR) is 42.5 cm³/mol. The highest BCUT2D eigenvalue weighted by molar-refractivity contribution is 6.32. The molecule has 0 amide bonds. The number of nitrogens with two attached hydrogens (primary N) is 1. The molecule has 2 N–H and O–H groups in total. The van der Waals surface area contributed by atoms with E-state index in [1.54, 1.807) is 6.07 Å². The van der Waals surface area contributed by atoms with Crippen LogP contribution in [0.2, 0.25) is 0 Å². The van der Waals surface area contributed by atoms with E-state index in [0.29, 0.717) is 5.56 Å². The quantitative estimate of drug-likeness (QED) is 0.521. The van der Waals surface area contributed by atoms with E-state index >= 15 is 0 Å². The van der Waals surface area contributed by atoms with Gasteiger partial charge in [-0.15, -0.1) is 0 Å². The average molecular weight is 137 g/mol. The first kappa shape index (κ1) is 7.28. The van der Waals surface area contributed by atoms with E-state index in [2.05, 4.69) is 0 Å². The van der Waals surface area contributed by atoms with Crippen LogP contribution in [0.4, 0.5) is 4.39 Å². The summed E-state index contributed by atoms with van der Waals surface area (Å²) in [4.78, 5) is 0. The zero-order chi connectivity index (χ0) is 7.56. The molecule has 0 radical (unpaired) electrons. The molecule has 0 atom stereocenters. The minimum absolute atomic E-state index is 0.206. The minimum Gasteiger partial charge on any atom is -0.326 e. The molecule has 0 bridgehead atoms. The molecule has 3 heteroatoms. The number of halogens is 1. The van der Waals surface area contributed by atoms with E-state index < -0.39 is 0 Å². The van der Waals surface area contributed by atoms with Crippen LogP contribution in [0.25, 0.3) is 0 Å². The van der Waals surface area contributed by atoms with Gasteiger partial charge in [0.1, 0.15) is 13.7 Å². The molecule has 0 spiro atoms. The Morgan fingerprint density at radius 2 is 2.20 bits per heavy atom. The average Bonchev–Trinajstić information content (AvgIpc) is 1.88. The maximum Gasteiger partial charge on any atom is 0.139 e. The van der Waals surface area contributed by atoms with Gasteiger partial charge in [0.05, 0.1) is 0 Å². The van der Waals surface area contributed by atoms with Gasteiger partial charge in [0.2, 0.25) is 0 Å². The molecule has 52 valence electrons. The Balaban J connectivity index is 3.07. The highest BCUT2D eigenvalue weighted by Crippen LogP contribution is 2.01. The molecule has 0 aliphatic carbocycles. The predicted octanol–water partition coefficient (Wildman–Crippen LogP) is -0.457. The number of rotatable bonds is 1. The molecular weight excluding hydrogens is 128 g/mol. The SMILES string of the molecule is Bc1ccc(CN)c(F)c1. The summed E-state index contributed by atoms with van der Waals surface area (Å²) < 4.78 is 12.8. The molecule has 10 heavy (non-hydrogen) atoms. The van der Waals surface area contributed by atoms with Gasteiger partial charge in [0, 0.05) is 12.1 Å². The van der Waals surface area contributed by atoms with Gasteiger partial charge in [0.25, 0.3) is 0 Å². The van der Waals surface area contributed by atoms with Gasteiger partial charge in [-0.3, -0.25) is 0 Å². The summed E-state index contributed by atoms with van der Waals surface area (Å²) in [5.74, 6) is -0.206. The molecule has 1 aromatic rings. The normalized spacial score (nSPS) is 9.80. The van der Waals surface area contributed by atoms with Crippen molar-refractivity contribution < 1.29 is 4.39 Å². The third-order valence-corrected chi connectivity index (χ3v) is 1.43. The van der Waals surface area contributed by atoms with Gasteiger partial charge in [-0.1, -0.05) is 17.6 Å². The largest absolute Gasteiger partial charge is 0.326 e. The van der Waals surface area contributed by atoms with E-state index in [9.17, 15) is 4.39 Å². The molecular formula is C7H9BFN. The van der Waals surface area contributed by atoms with Crippen LogP contribution < -0.4 is 11.2 Å². The van der Waals surface area contributed by atoms with Crippen molar-refractivity contribution in [2.45, 2.75) is 6.54 Å². The lowest BCUT2D eigenvalue weighted by Gasteiger charge is -1.98. The Bertz CT molecular complexity index is 237. The standard InChI is InChI=1S/C7H9BFN/c8-6-2-1-5(4-10)7(9)3-6/h1-3H,4,8,10H2. The third-order valence-electron chi connectivity index (χ3n) is 1.43. The van der Waals surface area contributed by atoms with Crippen LogP contribution in [0.3, 0.4) is 0 Å². The van der Waals surface area contributed by atoms with Crippen LogP contribution in [0.1, 0.15) is 5.56 Å². The van der Waals surface area contributed by atoms with Gasteiger partial charge in [-0.2, -0.15) is 0 Å². The van der Waals surface area contributed by atoms with Crippen molar-refractivity contribution in [1.82, 2.24) is 0 Å². The maximum atomic E-state index is 12.8. The summed E-state index contributed by atoms with van der Waals surface area (Å²) >= 11 is 0. The molecule has 0 fully saturated rings. The molecule has 0 saturated heterocycles. The molecule has 0 heterocycles. The van der Waals surface area contributed by atoms with Crippen molar-refractivity contribution in [3.63, 3.8) is 0 Å². The summed E-state index contributed by atoms with van der Waals surface area (Å²) in [6, 6.07) is 5.05. The third kappa shape index (κ3) is 1.36. The van der Waals surface area contributed by atoms with Crippen LogP contribution >= 0.6 is 0 Å². The van der Waals surface area contributed by atoms with E-state index in [1.165, 1.54) is 6.07 Å². The molecule has 0 unspecified atom stereocenters. The fraction of sp³-hybridized carbons (Fsp3) is 0.143. The van der Waals surface area contributed by atoms with Crippen LogP contribution in [0, 0.1) is 5.82 Å². The Hall–Kier alpha value is -0.825. The van der Waals surface area contributed by atoms with Gasteiger partial charge < -0.3 is 5.73 Å². The van der Waals surface area contributed by atoms with Gasteiger partial charge in [-0.05, 0) is 6.07 Å². The van der Waals surface area contributed by atoms with Crippen LogP contribution in [0.15, 0.2) is 18.2 Å². The molecule has 0 aromatic heterocycles. The second-order valence-electron chi connectivity index (χ2n) is 2.30. The van der Waals surface area contributed by atoms with Crippen LogP contribution in [-0.2, 0) is 6.54 Å². The van der Waals surface area contributed by atoms with Gasteiger partial charge >= 0.3 is 0 Å². The topological polar surface area (TPSA) is 26.0 Å². The van der Waals surface area contributed by atoms with E-state index in [-0.39, 0.29) is 12.4 Å². The van der Waals surface area contributed by atoms with Gasteiger partial charge in [-0.25, -0.2) is 4.39 Å². The monoisotopic (exact) mass is 137 g/mol. The smallest absolute Gasteiger partial charge is 0.139 e. The first-order valence-electron chi connectivity index (χ1n) is 3.19. The van der Waals surface area contributed by atoms with Crippen LogP contribution in [-0.4, -0.2) is 7.85 Å². The molecule has 1 aromatic carbocycles. The Morgan fingerprint density at radius 3 is 2.70 bits per heavy atom. The van der Waals surface area contributed by atoms with Crippen molar-refractivity contribution in [1.29, 1.82) is 0 Å². The molecule has 0 saturated carbocycles. The zero-order valence-electron chi connectivity index (χ0n) is 5.89. The lowest BCUT2D eigenvalue weighted by molar-refractivity contribution is 0.612. The summed E-state index contributed by atoms with van der Waals surface area (Å²) in [5, 5.41) is 0.